The van der Waals surface area contributed by atoms with Crippen molar-refractivity contribution >= 4 is 17.3 Å². The van der Waals surface area contributed by atoms with E-state index in [-0.39, 0.29) is 0 Å². The van der Waals surface area contributed by atoms with Gasteiger partial charge in [0.15, 0.2) is 0 Å². The van der Waals surface area contributed by atoms with Crippen LogP contribution in [0.4, 0.5) is 0 Å². The summed E-state index contributed by atoms with van der Waals surface area (Å²) in [4.78, 5) is 1.30. The van der Waals surface area contributed by atoms with Gasteiger partial charge in [-0.1, -0.05) is 18.7 Å². The highest BCUT2D eigenvalue weighted by Gasteiger charge is 1.98. The van der Waals surface area contributed by atoms with Crippen molar-refractivity contribution in [3.05, 3.63) is 36.4 Å². The van der Waals surface area contributed by atoms with E-state index in [1.807, 2.05) is 0 Å². The van der Waals surface area contributed by atoms with Crippen molar-refractivity contribution in [3.63, 3.8) is 0 Å². The van der Waals surface area contributed by atoms with E-state index >= 15 is 0 Å². The summed E-state index contributed by atoms with van der Waals surface area (Å²) in [5, 5.41) is 0. The molecule has 0 aromatic heterocycles. The van der Waals surface area contributed by atoms with Crippen LogP contribution in [0.15, 0.2) is 35.7 Å². The number of rotatable bonds is 6. The molecule has 0 heterocycles. The first-order chi connectivity index (χ1) is 7.27. The molecule has 0 unspecified atom stereocenters. The topological polar surface area (TPSA) is 26.0 Å². The molecule has 1 aromatic carbocycles. The van der Waals surface area contributed by atoms with Crippen LogP contribution in [0.1, 0.15) is 24.8 Å². The second-order valence-electron chi connectivity index (χ2n) is 3.58. The van der Waals surface area contributed by atoms with Crippen LogP contribution in [0.3, 0.4) is 0 Å². The maximum absolute atomic E-state index is 5.46. The van der Waals surface area contributed by atoms with Gasteiger partial charge in [-0.05, 0) is 55.3 Å². The fourth-order valence-electron chi connectivity index (χ4n) is 1.45. The predicted molar refractivity (Wildman–Crippen MR) is 70.2 cm³/mol. The van der Waals surface area contributed by atoms with Gasteiger partial charge in [-0.2, -0.15) is 0 Å². The smallest absolute Gasteiger partial charge is 0.00695 e. The third-order valence-corrected chi connectivity index (χ3v) is 3.17. The molecular formula is C13H19NS. The van der Waals surface area contributed by atoms with Gasteiger partial charge in [0, 0.05) is 4.90 Å². The number of unbranched alkanes of at least 4 members (excludes halogenated alkanes) is 1. The summed E-state index contributed by atoms with van der Waals surface area (Å²) in [7, 11) is 0. The Bertz CT molecular complexity index is 303. The summed E-state index contributed by atoms with van der Waals surface area (Å²) in [6, 6.07) is 8.59. The molecule has 1 rings (SSSR count). The highest BCUT2D eigenvalue weighted by Crippen LogP contribution is 2.21. The zero-order chi connectivity index (χ0) is 11.1. The average Bonchev–Trinajstić information content (AvgIpc) is 2.29. The van der Waals surface area contributed by atoms with Gasteiger partial charge in [-0.15, -0.1) is 11.8 Å². The van der Waals surface area contributed by atoms with E-state index < -0.39 is 0 Å². The standard InChI is InChI=1S/C13H19NS/c1-11(5-3-4-10-14)12-6-8-13(15-2)9-7-12/h6-9H,1,3-5,10,14H2,2H3. The molecule has 2 heteroatoms. The van der Waals surface area contributed by atoms with Gasteiger partial charge in [-0.3, -0.25) is 0 Å². The molecule has 0 bridgehead atoms. The lowest BCUT2D eigenvalue weighted by molar-refractivity contribution is 0.766. The van der Waals surface area contributed by atoms with Crippen LogP contribution in [0.2, 0.25) is 0 Å². The van der Waals surface area contributed by atoms with Crippen molar-refractivity contribution in [2.75, 3.05) is 12.8 Å². The zero-order valence-corrected chi connectivity index (χ0v) is 10.1. The Morgan fingerprint density at radius 2 is 1.93 bits per heavy atom. The third-order valence-electron chi connectivity index (χ3n) is 2.43. The maximum Gasteiger partial charge on any atom is 0.00695 e. The van der Waals surface area contributed by atoms with E-state index in [9.17, 15) is 0 Å². The zero-order valence-electron chi connectivity index (χ0n) is 9.33. The minimum absolute atomic E-state index is 0.776. The van der Waals surface area contributed by atoms with Crippen LogP contribution in [-0.2, 0) is 0 Å². The number of hydrogen-bond acceptors (Lipinski definition) is 2. The summed E-state index contributed by atoms with van der Waals surface area (Å²) < 4.78 is 0. The Hall–Kier alpha value is -0.730. The Morgan fingerprint density at radius 3 is 2.47 bits per heavy atom. The highest BCUT2D eigenvalue weighted by molar-refractivity contribution is 7.98. The molecule has 82 valence electrons. The average molecular weight is 221 g/mol. The molecule has 0 atom stereocenters. The van der Waals surface area contributed by atoms with Gasteiger partial charge in [0.05, 0.1) is 0 Å². The second-order valence-corrected chi connectivity index (χ2v) is 4.46. The SMILES string of the molecule is C=C(CCCCN)c1ccc(SC)cc1. The van der Waals surface area contributed by atoms with Crippen molar-refractivity contribution < 1.29 is 0 Å². The van der Waals surface area contributed by atoms with Gasteiger partial charge in [-0.25, -0.2) is 0 Å². The van der Waals surface area contributed by atoms with Gasteiger partial charge in [0.25, 0.3) is 0 Å². The van der Waals surface area contributed by atoms with Crippen molar-refractivity contribution in [3.8, 4) is 0 Å². The minimum Gasteiger partial charge on any atom is -0.330 e. The van der Waals surface area contributed by atoms with Gasteiger partial charge >= 0.3 is 0 Å². The molecule has 0 amide bonds. The molecule has 0 fully saturated rings. The molecule has 0 saturated carbocycles. The molecule has 0 aliphatic rings. The Kier molecular flexibility index (Phi) is 5.51. The normalized spacial score (nSPS) is 10.3. The summed E-state index contributed by atoms with van der Waals surface area (Å²) in [6.07, 6.45) is 5.36. The fourth-order valence-corrected chi connectivity index (χ4v) is 1.86. The van der Waals surface area contributed by atoms with Crippen LogP contribution in [0.25, 0.3) is 5.57 Å². The lowest BCUT2D eigenvalue weighted by atomic mass is 10.0. The van der Waals surface area contributed by atoms with Crippen molar-refractivity contribution in [2.24, 2.45) is 5.73 Å². The monoisotopic (exact) mass is 221 g/mol. The quantitative estimate of drug-likeness (QED) is 0.587. The number of thioether (sulfide) groups is 1. The van der Waals surface area contributed by atoms with E-state index in [1.54, 1.807) is 11.8 Å². The van der Waals surface area contributed by atoms with Gasteiger partial charge in [0.2, 0.25) is 0 Å². The van der Waals surface area contributed by atoms with Gasteiger partial charge < -0.3 is 5.73 Å². The molecular weight excluding hydrogens is 202 g/mol. The van der Waals surface area contributed by atoms with Crippen LogP contribution in [0, 0.1) is 0 Å². The van der Waals surface area contributed by atoms with E-state index in [2.05, 4.69) is 37.1 Å². The van der Waals surface area contributed by atoms with Crippen molar-refractivity contribution in [2.45, 2.75) is 24.2 Å². The van der Waals surface area contributed by atoms with Crippen LogP contribution in [0.5, 0.6) is 0 Å². The Labute approximate surface area is 96.8 Å². The first-order valence-corrected chi connectivity index (χ1v) is 6.52. The molecule has 15 heavy (non-hydrogen) atoms. The van der Waals surface area contributed by atoms with E-state index in [1.165, 1.54) is 16.0 Å². The van der Waals surface area contributed by atoms with Gasteiger partial charge in [0.1, 0.15) is 0 Å². The van der Waals surface area contributed by atoms with E-state index in [0.717, 1.165) is 25.8 Å². The van der Waals surface area contributed by atoms with E-state index in [0.29, 0.717) is 0 Å². The van der Waals surface area contributed by atoms with E-state index in [4.69, 9.17) is 5.73 Å². The lowest BCUT2D eigenvalue weighted by Gasteiger charge is -2.06. The molecule has 2 N–H and O–H groups in total. The first kappa shape index (κ1) is 12.3. The first-order valence-electron chi connectivity index (χ1n) is 5.30. The number of hydrogen-bond donors (Lipinski definition) is 1. The maximum atomic E-state index is 5.46. The number of nitrogens with two attached hydrogens (primary N) is 1. The highest BCUT2D eigenvalue weighted by atomic mass is 32.2. The molecule has 0 aliphatic carbocycles. The van der Waals surface area contributed by atoms with Crippen LogP contribution in [-0.4, -0.2) is 12.8 Å². The molecule has 0 saturated heterocycles. The fraction of sp³-hybridized carbons (Fsp3) is 0.385. The molecule has 0 radical (unpaired) electrons. The third kappa shape index (κ3) is 4.10. The van der Waals surface area contributed by atoms with Crippen LogP contribution < -0.4 is 5.73 Å². The number of allylic oxidation sites excluding steroid dienone is 1. The molecule has 1 aromatic rings. The summed E-state index contributed by atoms with van der Waals surface area (Å²) in [6.45, 7) is 4.88. The Morgan fingerprint density at radius 1 is 1.27 bits per heavy atom. The summed E-state index contributed by atoms with van der Waals surface area (Å²) in [5.41, 5.74) is 7.93. The summed E-state index contributed by atoms with van der Waals surface area (Å²) in [5.74, 6) is 0. The van der Waals surface area contributed by atoms with Crippen molar-refractivity contribution in [1.82, 2.24) is 0 Å². The predicted octanol–water partition coefficient (Wildman–Crippen LogP) is 3.55. The molecule has 0 aliphatic heterocycles. The minimum atomic E-state index is 0.776. The lowest BCUT2D eigenvalue weighted by Crippen LogP contribution is -1.97. The Balaban J connectivity index is 2.50. The van der Waals surface area contributed by atoms with Crippen molar-refractivity contribution in [1.29, 1.82) is 0 Å². The number of benzene rings is 1. The summed E-state index contributed by atoms with van der Waals surface area (Å²) >= 11 is 1.76. The van der Waals surface area contributed by atoms with Crippen LogP contribution >= 0.6 is 11.8 Å². The molecule has 1 nitrogen and oxygen atoms in total. The molecule has 0 spiro atoms. The second kappa shape index (κ2) is 6.70. The largest absolute Gasteiger partial charge is 0.330 e.